The van der Waals surface area contributed by atoms with Crippen LogP contribution in [0.4, 0.5) is 0 Å². The van der Waals surface area contributed by atoms with E-state index in [0.29, 0.717) is 12.1 Å². The minimum Gasteiger partial charge on any atom is -0.366 e. The van der Waals surface area contributed by atoms with Gasteiger partial charge in [0.05, 0.1) is 17.2 Å². The summed E-state index contributed by atoms with van der Waals surface area (Å²) in [4.78, 5) is 13.5. The highest BCUT2D eigenvalue weighted by Crippen LogP contribution is 2.09. The molecule has 0 aliphatic heterocycles. The van der Waals surface area contributed by atoms with Crippen molar-refractivity contribution in [2.45, 2.75) is 32.9 Å². The Kier molecular flexibility index (Phi) is 5.08. The summed E-state index contributed by atoms with van der Waals surface area (Å²) in [6, 6.07) is 9.27. The molecule has 102 valence electrons. The van der Waals surface area contributed by atoms with Crippen LogP contribution in [0.25, 0.3) is 0 Å². The van der Waals surface area contributed by atoms with Crippen molar-refractivity contribution in [3.05, 3.63) is 35.4 Å². The van der Waals surface area contributed by atoms with Crippen LogP contribution in [0.3, 0.4) is 0 Å². The van der Waals surface area contributed by atoms with Gasteiger partial charge in [0.25, 0.3) is 0 Å². The topological polar surface area (TPSA) is 53.3 Å². The maximum atomic E-state index is 11.9. The Hall–Kier alpha value is -1.86. The van der Waals surface area contributed by atoms with E-state index in [2.05, 4.69) is 6.07 Å². The number of hydrogen-bond acceptors (Lipinski definition) is 3. The van der Waals surface area contributed by atoms with E-state index in [-0.39, 0.29) is 18.1 Å². The third kappa shape index (κ3) is 5.54. The number of rotatable bonds is 4. The van der Waals surface area contributed by atoms with Crippen LogP contribution in [0.2, 0.25) is 0 Å². The Labute approximate surface area is 114 Å². The summed E-state index contributed by atoms with van der Waals surface area (Å²) >= 11 is 0. The molecule has 0 unspecified atom stereocenters. The Balaban J connectivity index is 2.51. The molecule has 1 aromatic rings. The first-order valence-corrected chi connectivity index (χ1v) is 6.19. The van der Waals surface area contributed by atoms with Gasteiger partial charge in [-0.2, -0.15) is 5.26 Å². The maximum absolute atomic E-state index is 11.9. The van der Waals surface area contributed by atoms with Crippen molar-refractivity contribution in [3.63, 3.8) is 0 Å². The van der Waals surface area contributed by atoms with Crippen LogP contribution < -0.4 is 0 Å². The summed E-state index contributed by atoms with van der Waals surface area (Å²) < 4.78 is 5.45. The van der Waals surface area contributed by atoms with Crippen LogP contribution in [0.1, 0.15) is 31.9 Å². The highest BCUT2D eigenvalue weighted by molar-refractivity contribution is 5.77. The fraction of sp³-hybridized carbons (Fsp3) is 0.467. The zero-order valence-electron chi connectivity index (χ0n) is 11.9. The molecule has 0 saturated carbocycles. The van der Waals surface area contributed by atoms with Crippen molar-refractivity contribution in [2.75, 3.05) is 13.7 Å². The molecule has 0 aromatic heterocycles. The zero-order valence-corrected chi connectivity index (χ0v) is 11.9. The van der Waals surface area contributed by atoms with Crippen molar-refractivity contribution in [2.24, 2.45) is 0 Å². The molecule has 0 heterocycles. The van der Waals surface area contributed by atoms with Gasteiger partial charge in [0.1, 0.15) is 6.61 Å². The first kappa shape index (κ1) is 15.2. The molecule has 0 spiro atoms. The van der Waals surface area contributed by atoms with E-state index in [0.717, 1.165) is 5.56 Å². The first-order valence-electron chi connectivity index (χ1n) is 6.19. The van der Waals surface area contributed by atoms with Gasteiger partial charge in [-0.1, -0.05) is 12.1 Å². The molecule has 4 nitrogen and oxygen atoms in total. The normalized spacial score (nSPS) is 10.9. The van der Waals surface area contributed by atoms with Gasteiger partial charge in [-0.3, -0.25) is 4.79 Å². The number of amides is 1. The molecule has 4 heteroatoms. The molecule has 19 heavy (non-hydrogen) atoms. The lowest BCUT2D eigenvalue weighted by molar-refractivity contribution is -0.140. The predicted molar refractivity (Wildman–Crippen MR) is 73.3 cm³/mol. The molecule has 1 rings (SSSR count). The highest BCUT2D eigenvalue weighted by Gasteiger charge is 2.15. The van der Waals surface area contributed by atoms with E-state index < -0.39 is 0 Å². The van der Waals surface area contributed by atoms with Gasteiger partial charge in [-0.25, -0.2) is 0 Å². The molecule has 0 atom stereocenters. The minimum absolute atomic E-state index is 0.0562. The van der Waals surface area contributed by atoms with E-state index in [4.69, 9.17) is 10.00 Å². The van der Waals surface area contributed by atoms with Gasteiger partial charge >= 0.3 is 0 Å². The van der Waals surface area contributed by atoms with Crippen LogP contribution in [0, 0.1) is 11.3 Å². The minimum atomic E-state index is -0.315. The SMILES string of the molecule is CN(Cc1ccc(C#N)cc1)C(=O)COC(C)(C)C. The van der Waals surface area contributed by atoms with E-state index in [1.54, 1.807) is 24.1 Å². The van der Waals surface area contributed by atoms with Crippen LogP contribution in [0.15, 0.2) is 24.3 Å². The summed E-state index contributed by atoms with van der Waals surface area (Å²) in [5.74, 6) is -0.0562. The Morgan fingerprint density at radius 1 is 1.32 bits per heavy atom. The van der Waals surface area contributed by atoms with Gasteiger partial charge in [0.2, 0.25) is 5.91 Å². The number of benzene rings is 1. The monoisotopic (exact) mass is 260 g/mol. The lowest BCUT2D eigenvalue weighted by atomic mass is 10.1. The third-order valence-electron chi connectivity index (χ3n) is 2.56. The van der Waals surface area contributed by atoms with Gasteiger partial charge in [0, 0.05) is 13.6 Å². The van der Waals surface area contributed by atoms with Crippen molar-refractivity contribution < 1.29 is 9.53 Å². The summed E-state index contributed by atoms with van der Waals surface area (Å²) in [7, 11) is 1.74. The van der Waals surface area contributed by atoms with Crippen LogP contribution in [-0.2, 0) is 16.1 Å². The van der Waals surface area contributed by atoms with E-state index >= 15 is 0 Å². The quantitative estimate of drug-likeness (QED) is 0.835. The zero-order chi connectivity index (χ0) is 14.5. The standard InChI is InChI=1S/C15H20N2O2/c1-15(2,3)19-11-14(18)17(4)10-13-7-5-12(9-16)6-8-13/h5-8H,10-11H2,1-4H3. The van der Waals surface area contributed by atoms with Gasteiger partial charge in [-0.15, -0.1) is 0 Å². The van der Waals surface area contributed by atoms with Crippen molar-refractivity contribution >= 4 is 5.91 Å². The molecule has 0 bridgehead atoms. The van der Waals surface area contributed by atoms with Crippen LogP contribution >= 0.6 is 0 Å². The number of nitrogens with zero attached hydrogens (tertiary/aromatic N) is 2. The Bertz CT molecular complexity index is 466. The molecule has 0 N–H and O–H groups in total. The number of ether oxygens (including phenoxy) is 1. The second-order valence-corrected chi connectivity index (χ2v) is 5.46. The molecule has 1 aromatic carbocycles. The van der Waals surface area contributed by atoms with Gasteiger partial charge < -0.3 is 9.64 Å². The number of hydrogen-bond donors (Lipinski definition) is 0. The Morgan fingerprint density at radius 2 is 1.89 bits per heavy atom. The smallest absolute Gasteiger partial charge is 0.248 e. The fourth-order valence-electron chi connectivity index (χ4n) is 1.44. The fourth-order valence-corrected chi connectivity index (χ4v) is 1.44. The predicted octanol–water partition coefficient (Wildman–Crippen LogP) is 2.33. The first-order chi connectivity index (χ1) is 8.81. The summed E-state index contributed by atoms with van der Waals surface area (Å²) in [5, 5.41) is 8.71. The summed E-state index contributed by atoms with van der Waals surface area (Å²) in [6.45, 7) is 6.34. The third-order valence-corrected chi connectivity index (χ3v) is 2.56. The molecule has 0 saturated heterocycles. The molecule has 0 aliphatic rings. The number of carbonyl (C=O) groups excluding carboxylic acids is 1. The van der Waals surface area contributed by atoms with Gasteiger partial charge in [-0.05, 0) is 38.5 Å². The largest absolute Gasteiger partial charge is 0.366 e. The summed E-state index contributed by atoms with van der Waals surface area (Å²) in [5.41, 5.74) is 1.30. The molecule has 0 fully saturated rings. The molecule has 0 radical (unpaired) electrons. The van der Waals surface area contributed by atoms with Crippen LogP contribution in [0.5, 0.6) is 0 Å². The highest BCUT2D eigenvalue weighted by atomic mass is 16.5. The molecule has 0 aliphatic carbocycles. The van der Waals surface area contributed by atoms with Crippen LogP contribution in [-0.4, -0.2) is 30.1 Å². The number of likely N-dealkylation sites (N-methyl/N-ethyl adjacent to an activating group) is 1. The lowest BCUT2D eigenvalue weighted by Gasteiger charge is -2.22. The Morgan fingerprint density at radius 3 is 2.37 bits per heavy atom. The van der Waals surface area contributed by atoms with Gasteiger partial charge in [0.15, 0.2) is 0 Å². The van der Waals surface area contributed by atoms with Crippen molar-refractivity contribution in [1.82, 2.24) is 4.90 Å². The van der Waals surface area contributed by atoms with E-state index in [1.165, 1.54) is 0 Å². The average Bonchev–Trinajstić information content (AvgIpc) is 2.36. The van der Waals surface area contributed by atoms with E-state index in [1.807, 2.05) is 32.9 Å². The second-order valence-electron chi connectivity index (χ2n) is 5.46. The van der Waals surface area contributed by atoms with Crippen molar-refractivity contribution in [1.29, 1.82) is 5.26 Å². The molecular weight excluding hydrogens is 240 g/mol. The number of nitriles is 1. The number of carbonyl (C=O) groups is 1. The van der Waals surface area contributed by atoms with Crippen molar-refractivity contribution in [3.8, 4) is 6.07 Å². The maximum Gasteiger partial charge on any atom is 0.248 e. The molecular formula is C15H20N2O2. The van der Waals surface area contributed by atoms with E-state index in [9.17, 15) is 4.79 Å². The molecule has 1 amide bonds. The summed E-state index contributed by atoms with van der Waals surface area (Å²) in [6.07, 6.45) is 0. The second kappa shape index (κ2) is 6.35. The average molecular weight is 260 g/mol. The lowest BCUT2D eigenvalue weighted by Crippen LogP contribution is -2.33.